The molecule has 25 unspecified atom stereocenters. The molecule has 16 nitrogen and oxygen atoms in total. The summed E-state index contributed by atoms with van der Waals surface area (Å²) in [7, 11) is 0. The summed E-state index contributed by atoms with van der Waals surface area (Å²) in [6.07, 6.45) is -8.88. The highest BCUT2D eigenvalue weighted by Gasteiger charge is 2.69. The van der Waals surface area contributed by atoms with Crippen LogP contribution in [0.3, 0.4) is 0 Å². The Morgan fingerprint density at radius 2 is 1.38 bits per heavy atom. The first kappa shape index (κ1) is 44.3. The Kier molecular flexibility index (Phi) is 12.2. The summed E-state index contributed by atoms with van der Waals surface area (Å²) in [6.45, 7) is 10.6. The minimum absolute atomic E-state index is 0.00147. The van der Waals surface area contributed by atoms with Gasteiger partial charge in [0.2, 0.25) is 0 Å². The van der Waals surface area contributed by atoms with Crippen LogP contribution in [0.1, 0.15) is 92.4 Å². The molecule has 5 aliphatic heterocycles. The van der Waals surface area contributed by atoms with Gasteiger partial charge in [-0.1, -0.05) is 39.3 Å². The lowest BCUT2D eigenvalue weighted by Gasteiger charge is -2.58. The summed E-state index contributed by atoms with van der Waals surface area (Å²) >= 11 is 0. The molecule has 16 heteroatoms. The van der Waals surface area contributed by atoms with Crippen molar-refractivity contribution in [1.82, 2.24) is 0 Å². The van der Waals surface area contributed by atoms with E-state index >= 15 is 0 Å². The molecule has 8 N–H and O–H groups in total. The third-order valence-corrected chi connectivity index (χ3v) is 17.3. The zero-order valence-corrected chi connectivity index (χ0v) is 35.6. The molecular formula is C44H70O16. The zero-order chi connectivity index (χ0) is 42.6. The standard InChI is InChI=1S/C44H70O16/c1-19-8-13-44(53-18-19)20(2)30-27(60-44)15-26-24-7-6-22-14-23(9-11-42(22,4)25(24)10-12-43(26,30)5)55-41-36(52)38(59-40-34(50)32(48)28(16-45)56-40)37(29(17-46)57-41)58-39-35(51)33(49)31(47)21(3)54-39/h6,19-21,23-41,45-52H,7-18H2,1-5H3. The van der Waals surface area contributed by atoms with Crippen LogP contribution in [0.15, 0.2) is 11.6 Å². The Labute approximate surface area is 352 Å². The molecule has 0 aromatic heterocycles. The smallest absolute Gasteiger partial charge is 0.187 e. The summed E-state index contributed by atoms with van der Waals surface area (Å²) in [6, 6.07) is 0. The predicted molar refractivity (Wildman–Crippen MR) is 208 cm³/mol. The number of rotatable bonds is 8. The molecule has 25 atom stereocenters. The molecule has 60 heavy (non-hydrogen) atoms. The van der Waals surface area contributed by atoms with Crippen molar-refractivity contribution in [2.45, 2.75) is 196 Å². The molecule has 0 radical (unpaired) electrons. The number of aliphatic hydroxyl groups excluding tert-OH is 8. The highest BCUT2D eigenvalue weighted by molar-refractivity contribution is 5.26. The molecule has 9 rings (SSSR count). The van der Waals surface area contributed by atoms with E-state index in [1.807, 2.05) is 0 Å². The molecule has 0 aromatic rings. The van der Waals surface area contributed by atoms with Gasteiger partial charge in [-0.05, 0) is 98.7 Å². The van der Waals surface area contributed by atoms with Crippen LogP contribution in [0, 0.1) is 46.3 Å². The number of hydrogen-bond acceptors (Lipinski definition) is 16. The van der Waals surface area contributed by atoms with E-state index in [0.717, 1.165) is 45.1 Å². The molecule has 0 amide bonds. The van der Waals surface area contributed by atoms with Gasteiger partial charge in [-0.2, -0.15) is 0 Å². The van der Waals surface area contributed by atoms with Crippen LogP contribution in [0.25, 0.3) is 0 Å². The number of fused-ring (bicyclic) bond motifs is 7. The van der Waals surface area contributed by atoms with Crippen LogP contribution in [0.4, 0.5) is 0 Å². The average molecular weight is 855 g/mol. The van der Waals surface area contributed by atoms with Crippen molar-refractivity contribution < 1.29 is 78.7 Å². The quantitative estimate of drug-likeness (QED) is 0.158. The molecular weight excluding hydrogens is 784 g/mol. The van der Waals surface area contributed by atoms with Crippen molar-refractivity contribution in [3.05, 3.63) is 11.6 Å². The second-order valence-electron chi connectivity index (χ2n) is 20.6. The SMILES string of the molecule is CC1CCC2(OC1)OC1CC3C4CC=C5CC(OC6OC(CO)C(OC7OC(C)C(O)C(O)C7O)C(OC7OC(CO)C(O)C7O)C6O)CCC5(C)C4CCC3(C)C1C2C. The summed E-state index contributed by atoms with van der Waals surface area (Å²) in [5.41, 5.74) is 1.56. The van der Waals surface area contributed by atoms with Gasteiger partial charge in [0.15, 0.2) is 24.7 Å². The first-order valence-corrected chi connectivity index (χ1v) is 22.8. The Morgan fingerprint density at radius 3 is 2.08 bits per heavy atom. The van der Waals surface area contributed by atoms with E-state index in [2.05, 4.69) is 33.8 Å². The highest BCUT2D eigenvalue weighted by Crippen LogP contribution is 2.70. The van der Waals surface area contributed by atoms with Crippen molar-refractivity contribution in [2.24, 2.45) is 46.3 Å². The maximum absolute atomic E-state index is 11.9. The van der Waals surface area contributed by atoms with Gasteiger partial charge < -0.3 is 78.7 Å². The van der Waals surface area contributed by atoms with Gasteiger partial charge in [0.05, 0.1) is 38.1 Å². The fraction of sp³-hybridized carbons (Fsp3) is 0.955. The fourth-order valence-corrected chi connectivity index (χ4v) is 13.8. The van der Waals surface area contributed by atoms with Gasteiger partial charge in [-0.3, -0.25) is 0 Å². The second-order valence-corrected chi connectivity index (χ2v) is 20.6. The third-order valence-electron chi connectivity index (χ3n) is 17.3. The van der Waals surface area contributed by atoms with E-state index < -0.39 is 105 Å². The lowest BCUT2D eigenvalue weighted by Crippen LogP contribution is -2.65. The van der Waals surface area contributed by atoms with Crippen molar-refractivity contribution >= 4 is 0 Å². The Morgan fingerprint density at radius 1 is 0.700 bits per heavy atom. The highest BCUT2D eigenvalue weighted by atomic mass is 16.8. The van der Waals surface area contributed by atoms with Crippen LogP contribution < -0.4 is 0 Å². The van der Waals surface area contributed by atoms with Crippen LogP contribution in [0.5, 0.6) is 0 Å². The molecule has 9 aliphatic rings. The van der Waals surface area contributed by atoms with E-state index in [0.29, 0.717) is 48.3 Å². The first-order valence-electron chi connectivity index (χ1n) is 22.8. The summed E-state index contributed by atoms with van der Waals surface area (Å²) in [5, 5.41) is 85.0. The van der Waals surface area contributed by atoms with Gasteiger partial charge in [0.25, 0.3) is 0 Å². The van der Waals surface area contributed by atoms with Crippen molar-refractivity contribution in [3.8, 4) is 0 Å². The van der Waals surface area contributed by atoms with Gasteiger partial charge in [-0.25, -0.2) is 0 Å². The van der Waals surface area contributed by atoms with Crippen LogP contribution in [-0.2, 0) is 37.9 Å². The normalized spacial score (nSPS) is 57.7. The molecule has 3 saturated carbocycles. The van der Waals surface area contributed by atoms with Crippen LogP contribution in [0.2, 0.25) is 0 Å². The van der Waals surface area contributed by atoms with Crippen LogP contribution in [-0.4, -0.2) is 165 Å². The fourth-order valence-electron chi connectivity index (χ4n) is 13.8. The Hall–Kier alpha value is -0.900. The Bertz CT molecular complexity index is 1560. The number of hydrogen-bond donors (Lipinski definition) is 8. The average Bonchev–Trinajstić information content (AvgIpc) is 3.79. The van der Waals surface area contributed by atoms with Gasteiger partial charge >= 0.3 is 0 Å². The maximum atomic E-state index is 11.9. The summed E-state index contributed by atoms with van der Waals surface area (Å²) in [4.78, 5) is 0. The van der Waals surface area contributed by atoms with E-state index in [1.54, 1.807) is 0 Å². The lowest BCUT2D eigenvalue weighted by molar-refractivity contribution is -0.376. The van der Waals surface area contributed by atoms with Gasteiger partial charge in [0, 0.05) is 12.3 Å². The molecule has 1 spiro atoms. The maximum Gasteiger partial charge on any atom is 0.187 e. The van der Waals surface area contributed by atoms with Crippen molar-refractivity contribution in [3.63, 3.8) is 0 Å². The Balaban J connectivity index is 0.900. The monoisotopic (exact) mass is 854 g/mol. The predicted octanol–water partition coefficient (Wildman–Crippen LogP) is 0.853. The van der Waals surface area contributed by atoms with Gasteiger partial charge in [-0.15, -0.1) is 0 Å². The summed E-state index contributed by atoms with van der Waals surface area (Å²) in [5.74, 6) is 2.69. The molecule has 8 fully saturated rings. The molecule has 0 aromatic carbocycles. The number of ether oxygens (including phenoxy) is 8. The van der Waals surface area contributed by atoms with E-state index in [4.69, 9.17) is 37.9 Å². The van der Waals surface area contributed by atoms with E-state index in [9.17, 15) is 40.9 Å². The number of allylic oxidation sites excluding steroid dienone is 1. The third kappa shape index (κ3) is 7.10. The summed E-state index contributed by atoms with van der Waals surface area (Å²) < 4.78 is 49.7. The molecule has 4 aliphatic carbocycles. The van der Waals surface area contributed by atoms with Crippen molar-refractivity contribution in [1.29, 1.82) is 0 Å². The first-order chi connectivity index (χ1) is 28.5. The largest absolute Gasteiger partial charge is 0.394 e. The topological polar surface area (TPSA) is 236 Å². The van der Waals surface area contributed by atoms with E-state index in [1.165, 1.54) is 18.9 Å². The molecule has 5 saturated heterocycles. The second kappa shape index (κ2) is 16.5. The molecule has 342 valence electrons. The minimum atomic E-state index is -1.72. The zero-order valence-electron chi connectivity index (χ0n) is 35.6. The number of aliphatic hydroxyl groups is 8. The van der Waals surface area contributed by atoms with Gasteiger partial charge in [0.1, 0.15) is 61.0 Å². The van der Waals surface area contributed by atoms with Crippen molar-refractivity contribution in [2.75, 3.05) is 19.8 Å². The van der Waals surface area contributed by atoms with E-state index in [-0.39, 0.29) is 23.0 Å². The minimum Gasteiger partial charge on any atom is -0.394 e. The van der Waals surface area contributed by atoms with Crippen LogP contribution >= 0.6 is 0 Å². The molecule has 5 heterocycles. The lowest BCUT2D eigenvalue weighted by atomic mass is 9.47. The molecule has 0 bridgehead atoms.